The number of ether oxygens (including phenoxy) is 3. The summed E-state index contributed by atoms with van der Waals surface area (Å²) in [5.74, 6) is -0.322. The Bertz CT molecular complexity index is 296. The van der Waals surface area contributed by atoms with Crippen molar-refractivity contribution in [1.82, 2.24) is 0 Å². The second kappa shape index (κ2) is 4.94. The molecule has 0 aromatic rings. The first kappa shape index (κ1) is 12.2. The van der Waals surface area contributed by atoms with Gasteiger partial charge >= 0.3 is 12.1 Å². The summed E-state index contributed by atoms with van der Waals surface area (Å²) in [7, 11) is 0. The lowest BCUT2D eigenvalue weighted by atomic mass is 9.92. The van der Waals surface area contributed by atoms with E-state index < -0.39 is 11.6 Å². The average molecular weight is 242 g/mol. The molecule has 0 unspecified atom stereocenters. The number of hydrogen-bond acceptors (Lipinski definition) is 5. The fourth-order valence-corrected chi connectivity index (χ4v) is 2.11. The zero-order chi connectivity index (χ0) is 12.3. The highest BCUT2D eigenvalue weighted by atomic mass is 16.7. The number of hydrogen-bond donors (Lipinski definition) is 0. The molecule has 0 amide bonds. The Morgan fingerprint density at radius 1 is 1.24 bits per heavy atom. The third kappa shape index (κ3) is 2.90. The van der Waals surface area contributed by atoms with Crippen molar-refractivity contribution in [2.75, 3.05) is 13.2 Å². The molecule has 1 aliphatic carbocycles. The molecule has 1 saturated carbocycles. The summed E-state index contributed by atoms with van der Waals surface area (Å²) in [4.78, 5) is 22.8. The van der Waals surface area contributed by atoms with Gasteiger partial charge in [-0.05, 0) is 32.6 Å². The van der Waals surface area contributed by atoms with Crippen LogP contribution in [0.5, 0.6) is 0 Å². The Kier molecular flexibility index (Phi) is 3.54. The van der Waals surface area contributed by atoms with Crippen molar-refractivity contribution >= 4 is 12.1 Å². The van der Waals surface area contributed by atoms with Gasteiger partial charge in [-0.1, -0.05) is 6.42 Å². The van der Waals surface area contributed by atoms with Crippen molar-refractivity contribution in [3.8, 4) is 0 Å². The van der Waals surface area contributed by atoms with E-state index in [0.29, 0.717) is 0 Å². The van der Waals surface area contributed by atoms with Crippen LogP contribution in [0.1, 0.15) is 39.0 Å². The van der Waals surface area contributed by atoms with E-state index in [9.17, 15) is 9.59 Å². The molecule has 96 valence electrons. The van der Waals surface area contributed by atoms with E-state index in [2.05, 4.69) is 0 Å². The molecule has 1 heterocycles. The number of rotatable bonds is 2. The van der Waals surface area contributed by atoms with Gasteiger partial charge in [0.05, 0.1) is 0 Å². The summed E-state index contributed by atoms with van der Waals surface area (Å²) in [5.41, 5.74) is -0.856. The maximum absolute atomic E-state index is 12.0. The molecular weight excluding hydrogens is 224 g/mol. The predicted octanol–water partition coefficient (Wildman–Crippen LogP) is 2.04. The van der Waals surface area contributed by atoms with E-state index in [-0.39, 0.29) is 25.3 Å². The molecule has 0 aromatic carbocycles. The Morgan fingerprint density at radius 3 is 2.41 bits per heavy atom. The molecule has 5 nitrogen and oxygen atoms in total. The van der Waals surface area contributed by atoms with Gasteiger partial charge in [-0.2, -0.15) is 0 Å². The predicted molar refractivity (Wildman–Crippen MR) is 58.4 cm³/mol. The van der Waals surface area contributed by atoms with E-state index in [1.165, 1.54) is 6.42 Å². The first-order valence-electron chi connectivity index (χ1n) is 6.11. The highest BCUT2D eigenvalue weighted by Gasteiger charge is 2.42. The molecule has 2 rings (SSSR count). The van der Waals surface area contributed by atoms with Gasteiger partial charge in [-0.3, -0.25) is 4.79 Å². The molecule has 1 aliphatic heterocycles. The minimum atomic E-state index is -0.856. The van der Waals surface area contributed by atoms with Crippen molar-refractivity contribution in [1.29, 1.82) is 0 Å². The third-order valence-electron chi connectivity index (χ3n) is 3.34. The van der Waals surface area contributed by atoms with E-state index in [4.69, 9.17) is 14.2 Å². The van der Waals surface area contributed by atoms with Gasteiger partial charge in [0.15, 0.2) is 0 Å². The lowest BCUT2D eigenvalue weighted by Crippen LogP contribution is -2.45. The summed E-state index contributed by atoms with van der Waals surface area (Å²) in [6.45, 7) is 1.78. The molecule has 2 aliphatic rings. The normalized spacial score (nSPS) is 24.6. The molecule has 0 spiro atoms. The first-order chi connectivity index (χ1) is 8.10. The van der Waals surface area contributed by atoms with Crippen LogP contribution in [-0.4, -0.2) is 31.4 Å². The molecule has 0 radical (unpaired) electrons. The maximum atomic E-state index is 12.0. The summed E-state index contributed by atoms with van der Waals surface area (Å²) < 4.78 is 14.9. The van der Waals surface area contributed by atoms with E-state index >= 15 is 0 Å². The van der Waals surface area contributed by atoms with Gasteiger partial charge in [0, 0.05) is 0 Å². The smallest absolute Gasteiger partial charge is 0.462 e. The molecule has 0 bridgehead atoms. The van der Waals surface area contributed by atoms with Crippen LogP contribution < -0.4 is 0 Å². The standard InChI is InChI=1S/C12H18O5/c1-12(7-15-11(14)16-8-12)10(13)17-9-5-3-2-4-6-9/h9H,2-8H2,1H3. The van der Waals surface area contributed by atoms with Crippen LogP contribution in [0.4, 0.5) is 4.79 Å². The van der Waals surface area contributed by atoms with Crippen molar-refractivity contribution in [3.05, 3.63) is 0 Å². The molecule has 5 heteroatoms. The van der Waals surface area contributed by atoms with E-state index in [0.717, 1.165) is 25.7 Å². The van der Waals surface area contributed by atoms with Crippen LogP contribution >= 0.6 is 0 Å². The Hall–Kier alpha value is -1.26. The number of esters is 1. The molecule has 17 heavy (non-hydrogen) atoms. The van der Waals surface area contributed by atoms with Crippen LogP contribution in [0.25, 0.3) is 0 Å². The minimum Gasteiger partial charge on any atom is -0.462 e. The topological polar surface area (TPSA) is 61.8 Å². The highest BCUT2D eigenvalue weighted by molar-refractivity contribution is 5.78. The van der Waals surface area contributed by atoms with Crippen LogP contribution in [0, 0.1) is 5.41 Å². The first-order valence-corrected chi connectivity index (χ1v) is 6.11. The van der Waals surface area contributed by atoms with Crippen LogP contribution in [0.15, 0.2) is 0 Å². The number of cyclic esters (lactones) is 2. The molecule has 1 saturated heterocycles. The van der Waals surface area contributed by atoms with Gasteiger partial charge in [0.1, 0.15) is 24.7 Å². The van der Waals surface area contributed by atoms with Gasteiger partial charge < -0.3 is 14.2 Å². The lowest BCUT2D eigenvalue weighted by Gasteiger charge is -2.32. The van der Waals surface area contributed by atoms with E-state index in [1.807, 2.05) is 0 Å². The molecule has 2 fully saturated rings. The van der Waals surface area contributed by atoms with Crippen LogP contribution in [-0.2, 0) is 19.0 Å². The van der Waals surface area contributed by atoms with Crippen LogP contribution in [0.2, 0.25) is 0 Å². The highest BCUT2D eigenvalue weighted by Crippen LogP contribution is 2.27. The summed E-state index contributed by atoms with van der Waals surface area (Å²) in [6.07, 6.45) is 4.61. The van der Waals surface area contributed by atoms with E-state index in [1.54, 1.807) is 6.92 Å². The second-order valence-electron chi connectivity index (χ2n) is 5.05. The Morgan fingerprint density at radius 2 is 1.82 bits per heavy atom. The summed E-state index contributed by atoms with van der Waals surface area (Å²) in [6, 6.07) is 0. The number of carbonyl (C=O) groups excluding carboxylic acids is 2. The quantitative estimate of drug-likeness (QED) is 0.693. The summed E-state index contributed by atoms with van der Waals surface area (Å²) >= 11 is 0. The fraction of sp³-hybridized carbons (Fsp3) is 0.833. The Labute approximate surface area is 100 Å². The SMILES string of the molecule is CC1(C(=O)OC2CCCCC2)COC(=O)OC1. The fourth-order valence-electron chi connectivity index (χ4n) is 2.11. The zero-order valence-corrected chi connectivity index (χ0v) is 10.1. The third-order valence-corrected chi connectivity index (χ3v) is 3.34. The number of carbonyl (C=O) groups is 2. The molecule has 0 N–H and O–H groups in total. The monoisotopic (exact) mass is 242 g/mol. The molecule has 0 atom stereocenters. The minimum absolute atomic E-state index is 0.0192. The average Bonchev–Trinajstić information content (AvgIpc) is 2.34. The Balaban J connectivity index is 1.87. The van der Waals surface area contributed by atoms with Crippen molar-refractivity contribution in [2.45, 2.75) is 45.1 Å². The summed E-state index contributed by atoms with van der Waals surface area (Å²) in [5, 5.41) is 0. The van der Waals surface area contributed by atoms with Gasteiger partial charge in [-0.25, -0.2) is 4.79 Å². The van der Waals surface area contributed by atoms with Crippen molar-refractivity contribution in [2.24, 2.45) is 5.41 Å². The van der Waals surface area contributed by atoms with Crippen LogP contribution in [0.3, 0.4) is 0 Å². The largest absolute Gasteiger partial charge is 0.508 e. The van der Waals surface area contributed by atoms with Gasteiger partial charge in [-0.15, -0.1) is 0 Å². The maximum Gasteiger partial charge on any atom is 0.508 e. The lowest BCUT2D eigenvalue weighted by molar-refractivity contribution is -0.172. The second-order valence-corrected chi connectivity index (χ2v) is 5.05. The van der Waals surface area contributed by atoms with Crippen molar-refractivity contribution in [3.63, 3.8) is 0 Å². The van der Waals surface area contributed by atoms with Gasteiger partial charge in [0.25, 0.3) is 0 Å². The van der Waals surface area contributed by atoms with Gasteiger partial charge in [0.2, 0.25) is 0 Å². The zero-order valence-electron chi connectivity index (χ0n) is 10.1. The van der Waals surface area contributed by atoms with Crippen molar-refractivity contribution < 1.29 is 23.8 Å². The molecule has 0 aromatic heterocycles. The molecular formula is C12H18O5.